The zero-order valence-corrected chi connectivity index (χ0v) is 18.2. The minimum Gasteiger partial charge on any atom is -0.493 e. The Morgan fingerprint density at radius 1 is 1.13 bits per heavy atom. The Bertz CT molecular complexity index is 1220. The number of hydrogen-bond acceptors (Lipinski definition) is 6. The summed E-state index contributed by atoms with van der Waals surface area (Å²) in [5, 5.41) is 12.9. The van der Waals surface area contributed by atoms with Crippen LogP contribution >= 0.6 is 24.0 Å². The number of thioether (sulfide) groups is 1. The smallest absolute Gasteiger partial charge is 0.270 e. The van der Waals surface area contributed by atoms with E-state index in [4.69, 9.17) is 17.0 Å². The fraction of sp³-hybridized carbons (Fsp3) is 0.130. The first kappa shape index (κ1) is 21.0. The Balaban J connectivity index is 1.74. The van der Waals surface area contributed by atoms with E-state index in [9.17, 15) is 14.9 Å². The van der Waals surface area contributed by atoms with Crippen LogP contribution in [-0.2, 0) is 4.79 Å². The number of amides is 1. The molecule has 0 aromatic heterocycles. The highest BCUT2D eigenvalue weighted by atomic mass is 32.2. The maximum absolute atomic E-state index is 13.2. The summed E-state index contributed by atoms with van der Waals surface area (Å²) in [6.45, 7) is 2.61. The summed E-state index contributed by atoms with van der Waals surface area (Å²) < 4.78 is 6.31. The summed E-state index contributed by atoms with van der Waals surface area (Å²) in [4.78, 5) is 25.5. The van der Waals surface area contributed by atoms with Gasteiger partial charge in [-0.3, -0.25) is 19.8 Å². The highest BCUT2D eigenvalue weighted by molar-refractivity contribution is 8.27. The normalized spacial score (nSPS) is 15.1. The van der Waals surface area contributed by atoms with E-state index < -0.39 is 4.92 Å². The van der Waals surface area contributed by atoms with Crippen LogP contribution in [-0.4, -0.2) is 21.8 Å². The van der Waals surface area contributed by atoms with Gasteiger partial charge >= 0.3 is 0 Å². The SMILES string of the molecule is CCCOc1ccc2ccccc2c1/C=C1/SC(=S)N(c2ccc([N+](=O)[O-])cc2)C1=O. The first-order valence-electron chi connectivity index (χ1n) is 9.66. The molecule has 3 aromatic carbocycles. The zero-order valence-electron chi connectivity index (χ0n) is 16.6. The van der Waals surface area contributed by atoms with Gasteiger partial charge in [0.25, 0.3) is 11.6 Å². The maximum Gasteiger partial charge on any atom is 0.270 e. The molecule has 31 heavy (non-hydrogen) atoms. The number of rotatable bonds is 6. The molecule has 1 fully saturated rings. The molecule has 1 heterocycles. The third-order valence-electron chi connectivity index (χ3n) is 4.78. The zero-order chi connectivity index (χ0) is 22.0. The van der Waals surface area contributed by atoms with Crippen LogP contribution in [0.2, 0.25) is 0 Å². The third-order valence-corrected chi connectivity index (χ3v) is 6.08. The average molecular weight is 451 g/mol. The molecule has 0 saturated carbocycles. The fourth-order valence-corrected chi connectivity index (χ4v) is 4.59. The molecular formula is C23H18N2O4S2. The van der Waals surface area contributed by atoms with Gasteiger partial charge in [0.1, 0.15) is 5.75 Å². The molecule has 0 aliphatic carbocycles. The van der Waals surface area contributed by atoms with E-state index in [-0.39, 0.29) is 11.6 Å². The average Bonchev–Trinajstić information content (AvgIpc) is 3.06. The van der Waals surface area contributed by atoms with Gasteiger partial charge in [-0.2, -0.15) is 0 Å². The van der Waals surface area contributed by atoms with Crippen LogP contribution in [0.5, 0.6) is 5.75 Å². The van der Waals surface area contributed by atoms with Gasteiger partial charge in [0.2, 0.25) is 0 Å². The van der Waals surface area contributed by atoms with Crippen LogP contribution in [0.15, 0.2) is 65.6 Å². The van der Waals surface area contributed by atoms with Crippen molar-refractivity contribution in [3.05, 3.63) is 81.2 Å². The van der Waals surface area contributed by atoms with Gasteiger partial charge < -0.3 is 4.74 Å². The molecule has 0 spiro atoms. The lowest BCUT2D eigenvalue weighted by Gasteiger charge is -2.14. The second-order valence-corrected chi connectivity index (χ2v) is 8.51. The van der Waals surface area contributed by atoms with Crippen LogP contribution in [0.25, 0.3) is 16.8 Å². The number of non-ortho nitro benzene ring substituents is 1. The number of hydrogen-bond donors (Lipinski definition) is 0. The van der Waals surface area contributed by atoms with Crippen LogP contribution in [0.3, 0.4) is 0 Å². The highest BCUT2D eigenvalue weighted by Crippen LogP contribution is 2.39. The van der Waals surface area contributed by atoms with E-state index in [0.717, 1.165) is 22.8 Å². The number of carbonyl (C=O) groups is 1. The van der Waals surface area contributed by atoms with E-state index in [1.807, 2.05) is 49.4 Å². The van der Waals surface area contributed by atoms with Crippen molar-refractivity contribution in [3.63, 3.8) is 0 Å². The molecule has 8 heteroatoms. The number of nitrogens with zero attached hydrogens (tertiary/aromatic N) is 2. The van der Waals surface area contributed by atoms with E-state index in [1.54, 1.807) is 0 Å². The van der Waals surface area contributed by atoms with Crippen LogP contribution < -0.4 is 9.64 Å². The van der Waals surface area contributed by atoms with Gasteiger partial charge in [0, 0.05) is 17.7 Å². The molecule has 0 unspecified atom stereocenters. The lowest BCUT2D eigenvalue weighted by Crippen LogP contribution is -2.27. The van der Waals surface area contributed by atoms with Crippen LogP contribution in [0.1, 0.15) is 18.9 Å². The Morgan fingerprint density at radius 3 is 2.58 bits per heavy atom. The number of thiocarbonyl (C=S) groups is 1. The summed E-state index contributed by atoms with van der Waals surface area (Å²) in [7, 11) is 0. The molecular weight excluding hydrogens is 432 g/mol. The predicted molar refractivity (Wildman–Crippen MR) is 128 cm³/mol. The topological polar surface area (TPSA) is 72.7 Å². The molecule has 0 N–H and O–H groups in total. The lowest BCUT2D eigenvalue weighted by atomic mass is 10.0. The van der Waals surface area contributed by atoms with Crippen molar-refractivity contribution in [1.29, 1.82) is 0 Å². The molecule has 0 atom stereocenters. The molecule has 1 saturated heterocycles. The predicted octanol–water partition coefficient (Wildman–Crippen LogP) is 5.94. The molecule has 0 bridgehead atoms. The number of nitro benzene ring substituents is 1. The van der Waals surface area contributed by atoms with Gasteiger partial charge in [-0.1, -0.05) is 61.2 Å². The van der Waals surface area contributed by atoms with Crippen molar-refractivity contribution in [2.45, 2.75) is 13.3 Å². The van der Waals surface area contributed by atoms with Crippen LogP contribution in [0.4, 0.5) is 11.4 Å². The minimum atomic E-state index is -0.480. The van der Waals surface area contributed by atoms with Crippen molar-refractivity contribution in [2.75, 3.05) is 11.5 Å². The lowest BCUT2D eigenvalue weighted by molar-refractivity contribution is -0.384. The number of ether oxygens (including phenoxy) is 1. The van der Waals surface area contributed by atoms with Gasteiger partial charge in [0.05, 0.1) is 22.1 Å². The monoisotopic (exact) mass is 450 g/mol. The van der Waals surface area contributed by atoms with Crippen molar-refractivity contribution >= 4 is 62.4 Å². The molecule has 0 radical (unpaired) electrons. The van der Waals surface area contributed by atoms with Gasteiger partial charge in [-0.15, -0.1) is 0 Å². The van der Waals surface area contributed by atoms with E-state index in [1.165, 1.54) is 40.9 Å². The molecule has 156 valence electrons. The Morgan fingerprint density at radius 2 is 1.87 bits per heavy atom. The molecule has 1 amide bonds. The standard InChI is InChI=1S/C23H18N2O4S2/c1-2-13-29-20-12-7-15-5-3-4-6-18(15)19(20)14-21-22(26)24(23(30)31-21)16-8-10-17(11-9-16)25(27)28/h3-12,14H,2,13H2,1H3/b21-14+. The van der Waals surface area contributed by atoms with Crippen molar-refractivity contribution in [1.82, 2.24) is 0 Å². The van der Waals surface area contributed by atoms with Crippen molar-refractivity contribution in [2.24, 2.45) is 0 Å². The second kappa shape index (κ2) is 8.87. The Kier molecular flexibility index (Phi) is 6.01. The molecule has 1 aliphatic heterocycles. The molecule has 1 aliphatic rings. The highest BCUT2D eigenvalue weighted by Gasteiger charge is 2.34. The summed E-state index contributed by atoms with van der Waals surface area (Å²) >= 11 is 6.64. The summed E-state index contributed by atoms with van der Waals surface area (Å²) in [6, 6.07) is 17.6. The first-order chi connectivity index (χ1) is 15.0. The quantitative estimate of drug-likeness (QED) is 0.200. The summed E-state index contributed by atoms with van der Waals surface area (Å²) in [5.74, 6) is 0.444. The number of anilines is 1. The largest absolute Gasteiger partial charge is 0.493 e. The van der Waals surface area contributed by atoms with Crippen LogP contribution in [0, 0.1) is 10.1 Å². The third kappa shape index (κ3) is 4.17. The Hall–Kier alpha value is -3.23. The molecule has 6 nitrogen and oxygen atoms in total. The minimum absolute atomic E-state index is 0.0433. The van der Waals surface area contributed by atoms with E-state index in [2.05, 4.69) is 0 Å². The van der Waals surface area contributed by atoms with Gasteiger partial charge in [0.15, 0.2) is 4.32 Å². The maximum atomic E-state index is 13.2. The van der Waals surface area contributed by atoms with E-state index in [0.29, 0.717) is 27.3 Å². The van der Waals surface area contributed by atoms with E-state index >= 15 is 0 Å². The fourth-order valence-electron chi connectivity index (χ4n) is 3.31. The van der Waals surface area contributed by atoms with Gasteiger partial charge in [-0.25, -0.2) is 0 Å². The molecule has 3 aromatic rings. The Labute approximate surface area is 188 Å². The summed E-state index contributed by atoms with van der Waals surface area (Å²) in [5.41, 5.74) is 1.28. The first-order valence-corrected chi connectivity index (χ1v) is 10.9. The van der Waals surface area contributed by atoms with Gasteiger partial charge in [-0.05, 0) is 41.5 Å². The van der Waals surface area contributed by atoms with Crippen molar-refractivity contribution in [3.8, 4) is 5.75 Å². The second-order valence-electron chi connectivity index (χ2n) is 6.84. The number of fused-ring (bicyclic) bond motifs is 1. The summed E-state index contributed by atoms with van der Waals surface area (Å²) in [6.07, 6.45) is 2.69. The van der Waals surface area contributed by atoms with Crippen molar-refractivity contribution < 1.29 is 14.5 Å². The number of nitro groups is 1. The molecule has 4 rings (SSSR count). The number of carbonyl (C=O) groups excluding carboxylic acids is 1. The number of benzene rings is 3.